The molecule has 2 heterocycles. The highest BCUT2D eigenvalue weighted by molar-refractivity contribution is 9.10. The number of hydrogen-bond donors (Lipinski definition) is 1. The zero-order valence-corrected chi connectivity index (χ0v) is 16.9. The van der Waals surface area contributed by atoms with Gasteiger partial charge in [-0.25, -0.2) is 0 Å². The number of ether oxygens (including phenoxy) is 1. The SMILES string of the molecule is Cc1cc(O)c(CN2CCCCC2)c2c1C(=O)/C(=C/c1ccccc1Br)O2. The molecule has 1 fully saturated rings. The zero-order chi connectivity index (χ0) is 19.0. The first-order valence-corrected chi connectivity index (χ1v) is 10.1. The van der Waals surface area contributed by atoms with Crippen molar-refractivity contribution in [2.24, 2.45) is 0 Å². The molecule has 0 saturated carbocycles. The van der Waals surface area contributed by atoms with Crippen LogP contribution in [0.15, 0.2) is 40.6 Å². The second-order valence-electron chi connectivity index (χ2n) is 7.19. The quantitative estimate of drug-likeness (QED) is 0.694. The lowest BCUT2D eigenvalue weighted by Gasteiger charge is -2.27. The van der Waals surface area contributed by atoms with Gasteiger partial charge >= 0.3 is 0 Å². The number of likely N-dealkylation sites (tertiary alicyclic amines) is 1. The summed E-state index contributed by atoms with van der Waals surface area (Å²) in [6.07, 6.45) is 5.35. The first-order chi connectivity index (χ1) is 13.0. The van der Waals surface area contributed by atoms with Crippen LogP contribution >= 0.6 is 15.9 Å². The summed E-state index contributed by atoms with van der Waals surface area (Å²) in [4.78, 5) is 15.3. The van der Waals surface area contributed by atoms with Crippen molar-refractivity contribution in [3.63, 3.8) is 0 Å². The van der Waals surface area contributed by atoms with Crippen molar-refractivity contribution < 1.29 is 14.6 Å². The maximum absolute atomic E-state index is 13.0. The fourth-order valence-electron chi connectivity index (χ4n) is 3.81. The Labute approximate surface area is 167 Å². The van der Waals surface area contributed by atoms with Crippen molar-refractivity contribution in [1.29, 1.82) is 0 Å². The molecule has 27 heavy (non-hydrogen) atoms. The molecule has 0 radical (unpaired) electrons. The van der Waals surface area contributed by atoms with E-state index in [-0.39, 0.29) is 11.5 Å². The number of nitrogens with zero attached hydrogens (tertiary/aromatic N) is 1. The average Bonchev–Trinajstić information content (AvgIpc) is 2.98. The van der Waals surface area contributed by atoms with Gasteiger partial charge in [0.15, 0.2) is 5.76 Å². The fourth-order valence-corrected chi connectivity index (χ4v) is 4.21. The zero-order valence-electron chi connectivity index (χ0n) is 15.3. The van der Waals surface area contributed by atoms with Gasteiger partial charge in [-0.1, -0.05) is 40.5 Å². The highest BCUT2D eigenvalue weighted by atomic mass is 79.9. The third-order valence-corrected chi connectivity index (χ3v) is 5.97. The number of phenols is 1. The second-order valence-corrected chi connectivity index (χ2v) is 8.05. The molecule has 2 aromatic rings. The molecule has 140 valence electrons. The van der Waals surface area contributed by atoms with Gasteiger partial charge in [-0.2, -0.15) is 0 Å². The molecule has 0 atom stereocenters. The van der Waals surface area contributed by atoms with Crippen LogP contribution in [0, 0.1) is 6.92 Å². The van der Waals surface area contributed by atoms with E-state index in [1.165, 1.54) is 19.3 Å². The van der Waals surface area contributed by atoms with E-state index in [0.717, 1.165) is 28.7 Å². The summed E-state index contributed by atoms with van der Waals surface area (Å²) in [7, 11) is 0. The average molecular weight is 428 g/mol. The molecule has 0 bridgehead atoms. The molecule has 1 N–H and O–H groups in total. The lowest BCUT2D eigenvalue weighted by molar-refractivity contribution is 0.101. The fraction of sp³-hybridized carbons (Fsp3) is 0.318. The normalized spacial score (nSPS) is 18.6. The number of halogens is 1. The van der Waals surface area contributed by atoms with Gasteiger partial charge < -0.3 is 9.84 Å². The van der Waals surface area contributed by atoms with Crippen molar-refractivity contribution in [3.05, 3.63) is 62.8 Å². The Balaban J connectivity index is 1.72. The van der Waals surface area contributed by atoms with Gasteiger partial charge in [0.1, 0.15) is 11.5 Å². The predicted octanol–water partition coefficient (Wildman–Crippen LogP) is 5.07. The highest BCUT2D eigenvalue weighted by Gasteiger charge is 2.33. The number of carbonyl (C=O) groups excluding carboxylic acids is 1. The van der Waals surface area contributed by atoms with Gasteiger partial charge in [-0.05, 0) is 62.2 Å². The third kappa shape index (κ3) is 3.54. The molecule has 1 saturated heterocycles. The molecule has 2 aliphatic rings. The molecule has 0 unspecified atom stereocenters. The molecule has 5 heteroatoms. The van der Waals surface area contributed by atoms with Gasteiger partial charge in [0.2, 0.25) is 5.78 Å². The van der Waals surface area contributed by atoms with Crippen LogP contribution < -0.4 is 4.74 Å². The number of aryl methyl sites for hydroxylation is 1. The van der Waals surface area contributed by atoms with Gasteiger partial charge in [0.25, 0.3) is 0 Å². The van der Waals surface area contributed by atoms with Crippen molar-refractivity contribution >= 4 is 27.8 Å². The molecular weight excluding hydrogens is 406 g/mol. The van der Waals surface area contributed by atoms with Gasteiger partial charge in [0, 0.05) is 11.0 Å². The Kier molecular flexibility index (Phi) is 5.06. The standard InChI is InChI=1S/C22H22BrNO3/c1-14-11-18(25)16(13-24-9-5-2-6-10-24)22-20(14)21(26)19(27-22)12-15-7-3-4-8-17(15)23/h3-4,7-8,11-12,25H,2,5-6,9-10,13H2,1H3/b19-12-. The number of phenolic OH excluding ortho intramolecular Hbond substituents is 1. The number of piperidine rings is 1. The first-order valence-electron chi connectivity index (χ1n) is 9.31. The lowest BCUT2D eigenvalue weighted by atomic mass is 9.98. The number of hydrogen-bond acceptors (Lipinski definition) is 4. The summed E-state index contributed by atoms with van der Waals surface area (Å²) in [6.45, 7) is 4.46. The van der Waals surface area contributed by atoms with Crippen LogP contribution in [0.5, 0.6) is 11.5 Å². The van der Waals surface area contributed by atoms with Gasteiger partial charge in [-0.15, -0.1) is 0 Å². The van der Waals surface area contributed by atoms with E-state index in [2.05, 4.69) is 20.8 Å². The maximum atomic E-state index is 13.0. The molecule has 0 aliphatic carbocycles. The van der Waals surface area contributed by atoms with Gasteiger partial charge in [0.05, 0.1) is 11.1 Å². The summed E-state index contributed by atoms with van der Waals surface area (Å²) >= 11 is 3.51. The molecular formula is C22H22BrNO3. The van der Waals surface area contributed by atoms with Gasteiger partial charge in [-0.3, -0.25) is 9.69 Å². The largest absolute Gasteiger partial charge is 0.507 e. The molecule has 0 amide bonds. The molecule has 2 aromatic carbocycles. The highest BCUT2D eigenvalue weighted by Crippen LogP contribution is 2.42. The number of allylic oxidation sites excluding steroid dienone is 1. The summed E-state index contributed by atoms with van der Waals surface area (Å²) in [5.41, 5.74) is 2.90. The van der Waals surface area contributed by atoms with Crippen molar-refractivity contribution in [3.8, 4) is 11.5 Å². The Morgan fingerprint density at radius 1 is 1.22 bits per heavy atom. The Morgan fingerprint density at radius 3 is 2.70 bits per heavy atom. The van der Waals surface area contributed by atoms with E-state index >= 15 is 0 Å². The maximum Gasteiger partial charge on any atom is 0.232 e. The van der Waals surface area contributed by atoms with Crippen LogP contribution in [0.1, 0.15) is 46.3 Å². The summed E-state index contributed by atoms with van der Waals surface area (Å²) in [5.74, 6) is 0.886. The van der Waals surface area contributed by atoms with Crippen LogP contribution in [0.3, 0.4) is 0 Å². The minimum atomic E-state index is -0.127. The van der Waals surface area contributed by atoms with E-state index < -0.39 is 0 Å². The first kappa shape index (κ1) is 18.3. The van der Waals surface area contributed by atoms with Crippen LogP contribution in [0.2, 0.25) is 0 Å². The number of aromatic hydroxyl groups is 1. The van der Waals surface area contributed by atoms with E-state index in [4.69, 9.17) is 4.74 Å². The van der Waals surface area contributed by atoms with Crippen LogP contribution in [0.25, 0.3) is 6.08 Å². The topological polar surface area (TPSA) is 49.8 Å². The van der Waals surface area contributed by atoms with Crippen molar-refractivity contribution in [2.45, 2.75) is 32.7 Å². The second kappa shape index (κ2) is 7.49. The third-order valence-electron chi connectivity index (χ3n) is 5.24. The van der Waals surface area contributed by atoms with Crippen LogP contribution in [0.4, 0.5) is 0 Å². The minimum Gasteiger partial charge on any atom is -0.507 e. The minimum absolute atomic E-state index is 0.127. The Morgan fingerprint density at radius 2 is 1.96 bits per heavy atom. The number of fused-ring (bicyclic) bond motifs is 1. The summed E-state index contributed by atoms with van der Waals surface area (Å²) in [5, 5.41) is 10.5. The number of benzene rings is 2. The Bertz CT molecular complexity index is 929. The van der Waals surface area contributed by atoms with E-state index in [0.29, 0.717) is 29.2 Å². The van der Waals surface area contributed by atoms with Crippen molar-refractivity contribution in [2.75, 3.05) is 13.1 Å². The van der Waals surface area contributed by atoms with Crippen LogP contribution in [-0.2, 0) is 6.54 Å². The monoisotopic (exact) mass is 427 g/mol. The summed E-state index contributed by atoms with van der Waals surface area (Å²) in [6, 6.07) is 9.38. The number of rotatable bonds is 3. The molecule has 0 spiro atoms. The lowest BCUT2D eigenvalue weighted by Crippen LogP contribution is -2.29. The number of Topliss-reactive ketones (excluding diaryl/α,β-unsaturated/α-hetero) is 1. The molecule has 0 aromatic heterocycles. The predicted molar refractivity (Wildman–Crippen MR) is 109 cm³/mol. The van der Waals surface area contributed by atoms with E-state index in [1.54, 1.807) is 12.1 Å². The molecule has 2 aliphatic heterocycles. The van der Waals surface area contributed by atoms with E-state index in [1.807, 2.05) is 31.2 Å². The Hall–Kier alpha value is -2.11. The number of carbonyl (C=O) groups is 1. The van der Waals surface area contributed by atoms with E-state index in [9.17, 15) is 9.90 Å². The molecule has 4 nitrogen and oxygen atoms in total. The smallest absolute Gasteiger partial charge is 0.232 e. The number of ketones is 1. The van der Waals surface area contributed by atoms with Crippen molar-refractivity contribution in [1.82, 2.24) is 4.90 Å². The van der Waals surface area contributed by atoms with Crippen LogP contribution in [-0.4, -0.2) is 28.9 Å². The molecule has 4 rings (SSSR count). The summed E-state index contributed by atoms with van der Waals surface area (Å²) < 4.78 is 6.92.